The molecule has 0 radical (unpaired) electrons. The van der Waals surface area contributed by atoms with Crippen molar-refractivity contribution in [3.8, 4) is 0 Å². The summed E-state index contributed by atoms with van der Waals surface area (Å²) in [5.41, 5.74) is 7.11. The van der Waals surface area contributed by atoms with E-state index in [4.69, 9.17) is 17.3 Å². The van der Waals surface area contributed by atoms with E-state index >= 15 is 0 Å². The summed E-state index contributed by atoms with van der Waals surface area (Å²) in [5, 5.41) is 3.68. The van der Waals surface area contributed by atoms with Gasteiger partial charge in [0, 0.05) is 11.9 Å². The lowest BCUT2D eigenvalue weighted by Crippen LogP contribution is -1.94. The molecule has 3 nitrogen and oxygen atoms in total. The first kappa shape index (κ1) is 9.80. The van der Waals surface area contributed by atoms with Crippen molar-refractivity contribution in [2.24, 2.45) is 0 Å². The second-order valence-corrected chi connectivity index (χ2v) is 3.48. The number of nitrogen functional groups attached to an aromatic ring is 1. The Labute approximate surface area is 92.9 Å². The predicted octanol–water partition coefficient (Wildman–Crippen LogP) is 3.06. The Bertz CT molecular complexity index is 457. The fourth-order valence-electron chi connectivity index (χ4n) is 1.21. The van der Waals surface area contributed by atoms with Gasteiger partial charge in [-0.1, -0.05) is 17.7 Å². The van der Waals surface area contributed by atoms with E-state index in [1.165, 1.54) is 0 Å². The summed E-state index contributed by atoms with van der Waals surface area (Å²) in [6.07, 6.45) is 1.72. The zero-order valence-corrected chi connectivity index (χ0v) is 8.70. The van der Waals surface area contributed by atoms with Gasteiger partial charge in [-0.05, 0) is 30.3 Å². The van der Waals surface area contributed by atoms with Crippen LogP contribution in [0.4, 0.5) is 17.2 Å². The van der Waals surface area contributed by atoms with Crippen molar-refractivity contribution in [3.63, 3.8) is 0 Å². The summed E-state index contributed by atoms with van der Waals surface area (Å²) < 4.78 is 0. The normalized spacial score (nSPS) is 9.93. The lowest BCUT2D eigenvalue weighted by molar-refractivity contribution is 1.31. The number of halogens is 1. The van der Waals surface area contributed by atoms with Crippen molar-refractivity contribution in [2.75, 3.05) is 11.1 Å². The molecule has 0 fully saturated rings. The maximum Gasteiger partial charge on any atom is 0.130 e. The summed E-state index contributed by atoms with van der Waals surface area (Å²) in [5.74, 6) is 0.777. The Morgan fingerprint density at radius 3 is 2.73 bits per heavy atom. The first-order valence-electron chi connectivity index (χ1n) is 4.49. The summed E-state index contributed by atoms with van der Waals surface area (Å²) in [6, 6.07) is 11.0. The average molecular weight is 220 g/mol. The second-order valence-electron chi connectivity index (χ2n) is 3.08. The van der Waals surface area contributed by atoms with Gasteiger partial charge >= 0.3 is 0 Å². The van der Waals surface area contributed by atoms with Crippen LogP contribution in [0.5, 0.6) is 0 Å². The number of pyridine rings is 1. The number of nitrogens with one attached hydrogen (secondary N) is 1. The maximum absolute atomic E-state index is 5.82. The molecule has 0 saturated carbocycles. The van der Waals surface area contributed by atoms with Gasteiger partial charge in [-0.3, -0.25) is 0 Å². The van der Waals surface area contributed by atoms with Crippen molar-refractivity contribution < 1.29 is 0 Å². The molecule has 1 aromatic carbocycles. The van der Waals surface area contributed by atoms with Crippen molar-refractivity contribution in [2.45, 2.75) is 0 Å². The highest BCUT2D eigenvalue weighted by Gasteiger charge is 1.98. The molecule has 2 rings (SSSR count). The molecule has 0 aliphatic carbocycles. The fraction of sp³-hybridized carbons (Fsp3) is 0. The molecule has 1 heterocycles. The molecule has 2 aromatic rings. The van der Waals surface area contributed by atoms with E-state index in [1.807, 2.05) is 24.3 Å². The van der Waals surface area contributed by atoms with Gasteiger partial charge in [-0.25, -0.2) is 4.98 Å². The van der Waals surface area contributed by atoms with Gasteiger partial charge in [0.25, 0.3) is 0 Å². The van der Waals surface area contributed by atoms with E-state index in [1.54, 1.807) is 18.3 Å². The number of rotatable bonds is 2. The van der Waals surface area contributed by atoms with Gasteiger partial charge in [0.15, 0.2) is 0 Å². The smallest absolute Gasteiger partial charge is 0.130 e. The monoisotopic (exact) mass is 219 g/mol. The van der Waals surface area contributed by atoms with Crippen molar-refractivity contribution in [1.82, 2.24) is 4.98 Å². The van der Waals surface area contributed by atoms with Gasteiger partial charge in [0.1, 0.15) is 5.82 Å². The van der Waals surface area contributed by atoms with Crippen LogP contribution in [-0.4, -0.2) is 4.98 Å². The molecule has 0 aliphatic heterocycles. The molecule has 0 spiro atoms. The molecule has 0 atom stereocenters. The lowest BCUT2D eigenvalue weighted by atomic mass is 10.3. The molecule has 0 aliphatic rings. The average Bonchev–Trinajstić information content (AvgIpc) is 2.25. The third-order valence-electron chi connectivity index (χ3n) is 1.93. The first-order valence-corrected chi connectivity index (χ1v) is 4.86. The topological polar surface area (TPSA) is 50.9 Å². The summed E-state index contributed by atoms with van der Waals surface area (Å²) in [4.78, 5) is 4.14. The van der Waals surface area contributed by atoms with Crippen LogP contribution in [0.1, 0.15) is 0 Å². The van der Waals surface area contributed by atoms with Crippen molar-refractivity contribution in [1.29, 1.82) is 0 Å². The molecule has 15 heavy (non-hydrogen) atoms. The Kier molecular flexibility index (Phi) is 2.74. The number of nitrogens with zero attached hydrogens (tertiary/aromatic N) is 1. The number of nitrogens with two attached hydrogens (primary N) is 1. The van der Waals surface area contributed by atoms with Crippen LogP contribution in [0.15, 0.2) is 42.6 Å². The van der Waals surface area contributed by atoms with E-state index in [2.05, 4.69) is 10.3 Å². The van der Waals surface area contributed by atoms with Crippen molar-refractivity contribution >= 4 is 28.8 Å². The Hall–Kier alpha value is -1.74. The Morgan fingerprint density at radius 1 is 1.20 bits per heavy atom. The van der Waals surface area contributed by atoms with Gasteiger partial charge < -0.3 is 11.1 Å². The minimum absolute atomic E-state index is 0.553. The summed E-state index contributed by atoms with van der Waals surface area (Å²) in [7, 11) is 0. The molecule has 76 valence electrons. The Balaban J connectivity index is 2.22. The molecule has 0 saturated heterocycles. The number of hydrogen-bond donors (Lipinski definition) is 2. The highest BCUT2D eigenvalue weighted by atomic mass is 35.5. The van der Waals surface area contributed by atoms with E-state index < -0.39 is 0 Å². The quantitative estimate of drug-likeness (QED) is 0.764. The van der Waals surface area contributed by atoms with E-state index in [0.717, 1.165) is 11.5 Å². The molecule has 0 bridgehead atoms. The number of benzene rings is 1. The molecule has 0 amide bonds. The first-order chi connectivity index (χ1) is 7.25. The number of hydrogen-bond acceptors (Lipinski definition) is 3. The zero-order valence-electron chi connectivity index (χ0n) is 7.94. The number of anilines is 3. The fourth-order valence-corrected chi connectivity index (χ4v) is 1.32. The molecule has 1 aromatic heterocycles. The predicted molar refractivity (Wildman–Crippen MR) is 63.4 cm³/mol. The van der Waals surface area contributed by atoms with Crippen LogP contribution < -0.4 is 11.1 Å². The molecular formula is C11H10ClN3. The minimum Gasteiger partial charge on any atom is -0.397 e. The van der Waals surface area contributed by atoms with Crippen LogP contribution in [0.25, 0.3) is 0 Å². The van der Waals surface area contributed by atoms with Gasteiger partial charge in [-0.2, -0.15) is 0 Å². The third-order valence-corrected chi connectivity index (χ3v) is 2.28. The molecular weight excluding hydrogens is 210 g/mol. The van der Waals surface area contributed by atoms with Crippen LogP contribution in [-0.2, 0) is 0 Å². The minimum atomic E-state index is 0.553. The van der Waals surface area contributed by atoms with E-state index in [-0.39, 0.29) is 0 Å². The maximum atomic E-state index is 5.82. The van der Waals surface area contributed by atoms with Gasteiger partial charge in [-0.15, -0.1) is 0 Å². The van der Waals surface area contributed by atoms with E-state index in [9.17, 15) is 0 Å². The van der Waals surface area contributed by atoms with Gasteiger partial charge in [0.2, 0.25) is 0 Å². The van der Waals surface area contributed by atoms with Crippen LogP contribution in [0.2, 0.25) is 5.02 Å². The van der Waals surface area contributed by atoms with Crippen molar-refractivity contribution in [3.05, 3.63) is 47.6 Å². The summed E-state index contributed by atoms with van der Waals surface area (Å²) >= 11 is 5.82. The molecule has 4 heteroatoms. The van der Waals surface area contributed by atoms with Gasteiger partial charge in [0.05, 0.1) is 10.7 Å². The standard InChI is InChI=1S/C11H10ClN3/c12-9-5-4-8(7-10(9)13)15-11-3-1-2-6-14-11/h1-7H,13H2,(H,14,15). The van der Waals surface area contributed by atoms with Crippen LogP contribution >= 0.6 is 11.6 Å². The lowest BCUT2D eigenvalue weighted by Gasteiger charge is -2.06. The molecule has 0 unspecified atom stereocenters. The Morgan fingerprint density at radius 2 is 2.07 bits per heavy atom. The van der Waals surface area contributed by atoms with Crippen LogP contribution in [0.3, 0.4) is 0 Å². The van der Waals surface area contributed by atoms with E-state index in [0.29, 0.717) is 10.7 Å². The highest BCUT2D eigenvalue weighted by Crippen LogP contribution is 2.23. The molecule has 3 N–H and O–H groups in total. The zero-order chi connectivity index (χ0) is 10.7. The largest absolute Gasteiger partial charge is 0.397 e. The number of aromatic nitrogens is 1. The third kappa shape index (κ3) is 2.39. The highest BCUT2D eigenvalue weighted by molar-refractivity contribution is 6.33. The van der Waals surface area contributed by atoms with Crippen LogP contribution in [0, 0.1) is 0 Å². The SMILES string of the molecule is Nc1cc(Nc2ccccn2)ccc1Cl. The second kappa shape index (κ2) is 4.19. The summed E-state index contributed by atoms with van der Waals surface area (Å²) in [6.45, 7) is 0.